The lowest BCUT2D eigenvalue weighted by Gasteiger charge is -2.48. The average Bonchev–Trinajstić information content (AvgIpc) is 2.16. The average molecular weight is 199 g/mol. The Balaban J connectivity index is 1.87. The van der Waals surface area contributed by atoms with Crippen molar-refractivity contribution >= 4 is 0 Å². The Morgan fingerprint density at radius 1 is 1.50 bits per heavy atom. The zero-order chi connectivity index (χ0) is 10.0. The second-order valence-electron chi connectivity index (χ2n) is 4.81. The van der Waals surface area contributed by atoms with Crippen molar-refractivity contribution in [2.45, 2.75) is 50.2 Å². The fourth-order valence-electron chi connectivity index (χ4n) is 2.74. The predicted octanol–water partition coefficient (Wildman–Crippen LogP) is 1.05. The van der Waals surface area contributed by atoms with E-state index < -0.39 is 0 Å². The number of rotatable bonds is 3. The van der Waals surface area contributed by atoms with Gasteiger partial charge in [-0.2, -0.15) is 0 Å². The highest BCUT2D eigenvalue weighted by atomic mass is 16.5. The van der Waals surface area contributed by atoms with Crippen LogP contribution in [0.5, 0.6) is 0 Å². The first kappa shape index (κ1) is 10.4. The van der Waals surface area contributed by atoms with Gasteiger partial charge in [0.2, 0.25) is 0 Å². The molecular formula is C11H21NO2. The Labute approximate surface area is 85.6 Å². The van der Waals surface area contributed by atoms with Crippen LogP contribution >= 0.6 is 0 Å². The minimum atomic E-state index is 0.168. The largest absolute Gasteiger partial charge is 0.396 e. The van der Waals surface area contributed by atoms with Gasteiger partial charge in [0.05, 0.1) is 5.60 Å². The van der Waals surface area contributed by atoms with E-state index in [0.717, 1.165) is 25.9 Å². The molecule has 1 heterocycles. The molecule has 2 atom stereocenters. The van der Waals surface area contributed by atoms with Crippen molar-refractivity contribution in [2.24, 2.45) is 11.7 Å². The summed E-state index contributed by atoms with van der Waals surface area (Å²) in [5.74, 6) is 0.566. The molecule has 2 rings (SSSR count). The van der Waals surface area contributed by atoms with Crippen molar-refractivity contribution < 1.29 is 9.84 Å². The van der Waals surface area contributed by atoms with Crippen molar-refractivity contribution in [1.82, 2.24) is 0 Å². The standard InChI is InChI=1S/C11H21NO2/c12-10(2-6-13)9-3-7-14-11(8-9)4-1-5-11/h9-10,13H,1-8,12H2. The SMILES string of the molecule is NC(CCO)C1CCOC2(CCC2)C1. The lowest BCUT2D eigenvalue weighted by molar-refractivity contribution is -0.146. The first-order chi connectivity index (χ1) is 6.76. The molecule has 0 aromatic carbocycles. The molecule has 2 fully saturated rings. The lowest BCUT2D eigenvalue weighted by atomic mass is 9.70. The van der Waals surface area contributed by atoms with Crippen molar-refractivity contribution in [3.05, 3.63) is 0 Å². The lowest BCUT2D eigenvalue weighted by Crippen LogP contribution is -2.49. The monoisotopic (exact) mass is 199 g/mol. The maximum atomic E-state index is 8.86. The van der Waals surface area contributed by atoms with Crippen LogP contribution in [0.4, 0.5) is 0 Å². The quantitative estimate of drug-likeness (QED) is 0.714. The topological polar surface area (TPSA) is 55.5 Å². The van der Waals surface area contributed by atoms with Crippen LogP contribution in [0.2, 0.25) is 0 Å². The van der Waals surface area contributed by atoms with Crippen LogP contribution in [0.15, 0.2) is 0 Å². The summed E-state index contributed by atoms with van der Waals surface area (Å²) in [7, 11) is 0. The third kappa shape index (κ3) is 1.95. The molecule has 0 radical (unpaired) electrons. The van der Waals surface area contributed by atoms with Crippen molar-refractivity contribution in [3.63, 3.8) is 0 Å². The Kier molecular flexibility index (Phi) is 3.10. The molecule has 1 spiro atoms. The summed E-state index contributed by atoms with van der Waals surface area (Å²) < 4.78 is 5.84. The van der Waals surface area contributed by atoms with Crippen molar-refractivity contribution in [1.29, 1.82) is 0 Å². The summed E-state index contributed by atoms with van der Waals surface area (Å²) in [4.78, 5) is 0. The molecule has 3 N–H and O–H groups in total. The number of aliphatic hydroxyl groups excluding tert-OH is 1. The molecule has 1 aliphatic carbocycles. The molecule has 0 amide bonds. The molecule has 3 heteroatoms. The van der Waals surface area contributed by atoms with Crippen LogP contribution in [0, 0.1) is 5.92 Å². The molecular weight excluding hydrogens is 178 g/mol. The first-order valence-corrected chi connectivity index (χ1v) is 5.76. The Bertz CT molecular complexity index is 192. The van der Waals surface area contributed by atoms with Crippen LogP contribution in [-0.4, -0.2) is 30.0 Å². The number of nitrogens with two attached hydrogens (primary N) is 1. The van der Waals surface area contributed by atoms with E-state index in [-0.39, 0.29) is 18.2 Å². The van der Waals surface area contributed by atoms with Crippen molar-refractivity contribution in [2.75, 3.05) is 13.2 Å². The first-order valence-electron chi connectivity index (χ1n) is 5.76. The number of hydrogen-bond acceptors (Lipinski definition) is 3. The molecule has 82 valence electrons. The van der Waals surface area contributed by atoms with E-state index in [0.29, 0.717) is 5.92 Å². The summed E-state index contributed by atoms with van der Waals surface area (Å²) in [6, 6.07) is 0.168. The fraction of sp³-hybridized carbons (Fsp3) is 1.00. The smallest absolute Gasteiger partial charge is 0.0685 e. The van der Waals surface area contributed by atoms with Crippen LogP contribution in [0.1, 0.15) is 38.5 Å². The molecule has 1 saturated carbocycles. The Morgan fingerprint density at radius 2 is 2.29 bits per heavy atom. The summed E-state index contributed by atoms with van der Waals surface area (Å²) in [5.41, 5.74) is 6.23. The molecule has 0 bridgehead atoms. The third-order valence-electron chi connectivity index (χ3n) is 3.86. The van der Waals surface area contributed by atoms with E-state index in [4.69, 9.17) is 15.6 Å². The highest BCUT2D eigenvalue weighted by molar-refractivity contribution is 4.95. The minimum Gasteiger partial charge on any atom is -0.396 e. The normalized spacial score (nSPS) is 32.6. The van der Waals surface area contributed by atoms with Gasteiger partial charge >= 0.3 is 0 Å². The van der Waals surface area contributed by atoms with Gasteiger partial charge in [0.25, 0.3) is 0 Å². The second kappa shape index (κ2) is 4.17. The highest BCUT2D eigenvalue weighted by Gasteiger charge is 2.43. The molecule has 0 aromatic rings. The maximum Gasteiger partial charge on any atom is 0.0685 e. The van der Waals surface area contributed by atoms with E-state index in [9.17, 15) is 0 Å². The van der Waals surface area contributed by atoms with E-state index in [1.165, 1.54) is 19.3 Å². The molecule has 2 unspecified atom stereocenters. The minimum absolute atomic E-state index is 0.168. The van der Waals surface area contributed by atoms with Gasteiger partial charge in [-0.25, -0.2) is 0 Å². The Hall–Kier alpha value is -0.120. The zero-order valence-electron chi connectivity index (χ0n) is 8.74. The maximum absolute atomic E-state index is 8.86. The van der Waals surface area contributed by atoms with Crippen LogP contribution in [0.3, 0.4) is 0 Å². The second-order valence-corrected chi connectivity index (χ2v) is 4.81. The van der Waals surface area contributed by atoms with E-state index in [1.807, 2.05) is 0 Å². The predicted molar refractivity (Wildman–Crippen MR) is 54.9 cm³/mol. The summed E-state index contributed by atoms with van der Waals surface area (Å²) >= 11 is 0. The van der Waals surface area contributed by atoms with Gasteiger partial charge in [-0.1, -0.05) is 0 Å². The summed E-state index contributed by atoms with van der Waals surface area (Å²) in [5, 5.41) is 8.86. The summed E-state index contributed by atoms with van der Waals surface area (Å²) in [6.07, 6.45) is 6.67. The third-order valence-corrected chi connectivity index (χ3v) is 3.86. The summed E-state index contributed by atoms with van der Waals surface area (Å²) in [6.45, 7) is 1.08. The van der Waals surface area contributed by atoms with Crippen LogP contribution < -0.4 is 5.73 Å². The van der Waals surface area contributed by atoms with E-state index in [2.05, 4.69) is 0 Å². The van der Waals surface area contributed by atoms with Gasteiger partial charge in [0, 0.05) is 19.3 Å². The van der Waals surface area contributed by atoms with Gasteiger partial charge in [-0.05, 0) is 44.4 Å². The van der Waals surface area contributed by atoms with E-state index in [1.54, 1.807) is 0 Å². The molecule has 2 aliphatic rings. The van der Waals surface area contributed by atoms with Gasteiger partial charge in [-0.3, -0.25) is 0 Å². The number of hydrogen-bond donors (Lipinski definition) is 2. The molecule has 0 aromatic heterocycles. The molecule has 3 nitrogen and oxygen atoms in total. The highest BCUT2D eigenvalue weighted by Crippen LogP contribution is 2.44. The zero-order valence-corrected chi connectivity index (χ0v) is 8.74. The number of ether oxygens (including phenoxy) is 1. The van der Waals surface area contributed by atoms with Gasteiger partial charge in [0.1, 0.15) is 0 Å². The molecule has 1 saturated heterocycles. The molecule has 14 heavy (non-hydrogen) atoms. The van der Waals surface area contributed by atoms with Gasteiger partial charge < -0.3 is 15.6 Å². The number of aliphatic hydroxyl groups is 1. The van der Waals surface area contributed by atoms with Crippen LogP contribution in [-0.2, 0) is 4.74 Å². The van der Waals surface area contributed by atoms with Crippen LogP contribution in [0.25, 0.3) is 0 Å². The van der Waals surface area contributed by atoms with E-state index >= 15 is 0 Å². The van der Waals surface area contributed by atoms with Crippen molar-refractivity contribution in [3.8, 4) is 0 Å². The van der Waals surface area contributed by atoms with Gasteiger partial charge in [-0.15, -0.1) is 0 Å². The fourth-order valence-corrected chi connectivity index (χ4v) is 2.74. The van der Waals surface area contributed by atoms with Gasteiger partial charge in [0.15, 0.2) is 0 Å². The Morgan fingerprint density at radius 3 is 2.86 bits per heavy atom. The molecule has 1 aliphatic heterocycles.